The summed E-state index contributed by atoms with van der Waals surface area (Å²) in [7, 11) is 0. The van der Waals surface area contributed by atoms with Gasteiger partial charge in [0.25, 0.3) is 11.8 Å². The van der Waals surface area contributed by atoms with E-state index in [2.05, 4.69) is 30.6 Å². The molecule has 4 aliphatic rings. The predicted octanol–water partition coefficient (Wildman–Crippen LogP) is 5.14. The van der Waals surface area contributed by atoms with Gasteiger partial charge in [-0.2, -0.15) is 0 Å². The van der Waals surface area contributed by atoms with Gasteiger partial charge in [-0.25, -0.2) is 13.8 Å². The molecule has 20 heteroatoms. The van der Waals surface area contributed by atoms with E-state index in [4.69, 9.17) is 19.0 Å². The van der Waals surface area contributed by atoms with Crippen molar-refractivity contribution in [2.24, 2.45) is 0 Å². The first-order chi connectivity index (χ1) is 33.4. The van der Waals surface area contributed by atoms with Crippen molar-refractivity contribution in [2.75, 3.05) is 69.4 Å². The number of carbonyl (C=O) groups excluding carboxylic acids is 6. The van der Waals surface area contributed by atoms with Crippen LogP contribution in [-0.4, -0.2) is 125 Å². The van der Waals surface area contributed by atoms with E-state index in [1.165, 1.54) is 6.07 Å². The number of imide groups is 2. The number of imidazole rings is 1. The van der Waals surface area contributed by atoms with Gasteiger partial charge in [0.05, 0.1) is 66.9 Å². The molecule has 0 radical (unpaired) electrons. The van der Waals surface area contributed by atoms with Crippen LogP contribution in [0.15, 0.2) is 59.1 Å². The van der Waals surface area contributed by atoms with Crippen molar-refractivity contribution in [3.8, 4) is 11.1 Å². The van der Waals surface area contributed by atoms with Gasteiger partial charge in [-0.05, 0) is 94.0 Å². The Kier molecular flexibility index (Phi) is 13.9. The number of aryl methyl sites for hydroxylation is 2. The molecule has 2 aromatic heterocycles. The number of likely N-dealkylation sites (tertiary alicyclic amines) is 1. The molecular formula is C49H53F2N9O9. The van der Waals surface area contributed by atoms with E-state index in [1.807, 2.05) is 32.0 Å². The lowest BCUT2D eigenvalue weighted by Gasteiger charge is -2.38. The number of carbonyl (C=O) groups is 6. The lowest BCUT2D eigenvalue weighted by molar-refractivity contribution is -0.136. The molecule has 0 saturated carbocycles. The highest BCUT2D eigenvalue weighted by Crippen LogP contribution is 2.41. The maximum Gasteiger partial charge on any atom is 0.262 e. The Bertz CT molecular complexity index is 2800. The molecule has 4 aliphatic heterocycles. The summed E-state index contributed by atoms with van der Waals surface area (Å²) >= 11 is 0. The molecule has 3 N–H and O–H groups in total. The second-order valence-electron chi connectivity index (χ2n) is 17.7. The van der Waals surface area contributed by atoms with Gasteiger partial charge >= 0.3 is 0 Å². The average molecular weight is 950 g/mol. The molecule has 69 heavy (non-hydrogen) atoms. The van der Waals surface area contributed by atoms with Crippen molar-refractivity contribution in [1.82, 2.24) is 35.1 Å². The summed E-state index contributed by atoms with van der Waals surface area (Å²) in [6.07, 6.45) is 3.04. The van der Waals surface area contributed by atoms with Crippen LogP contribution in [0.1, 0.15) is 95.0 Å². The quantitative estimate of drug-likeness (QED) is 0.0816. The van der Waals surface area contributed by atoms with Crippen LogP contribution in [0.4, 0.5) is 20.2 Å². The number of aromatic nitrogens is 3. The standard InChI is InChI=1S/C49H53F2N9O9/c1-28-45(29(2)69-56-28)30-6-11-39-38(24-30)54-46(40-4-3-5-44(63)58(40)33-8-10-36(50)37(51)26-33)59(39)32-14-18-57(19-15-32)27-43(62)53-17-21-68-23-22-67-20-16-52-31-7-9-34-35(25-31)49(66)60(48(34)65)41-12-13-42(61)55-47(41)64/h6-11,24-26,32,40-41,52H,3-5,12-23,27H2,1-2H3,(H,53,62)(H,55,61,64)/t40-,41?/m0/s1. The van der Waals surface area contributed by atoms with Gasteiger partial charge in [-0.1, -0.05) is 11.2 Å². The monoisotopic (exact) mass is 949 g/mol. The third-order valence-corrected chi connectivity index (χ3v) is 13.2. The lowest BCUT2D eigenvalue weighted by Crippen LogP contribution is -2.54. The number of rotatable bonds is 17. The van der Waals surface area contributed by atoms with Crippen LogP contribution in [0.25, 0.3) is 22.2 Å². The Morgan fingerprint density at radius 1 is 0.812 bits per heavy atom. The van der Waals surface area contributed by atoms with Gasteiger partial charge in [0.15, 0.2) is 11.6 Å². The summed E-state index contributed by atoms with van der Waals surface area (Å²) in [6.45, 7) is 7.25. The Labute approximate surface area is 395 Å². The first kappa shape index (κ1) is 47.2. The van der Waals surface area contributed by atoms with Gasteiger partial charge in [0, 0.05) is 68.1 Å². The lowest BCUT2D eigenvalue weighted by atomic mass is 9.98. The summed E-state index contributed by atoms with van der Waals surface area (Å²) in [4.78, 5) is 86.3. The van der Waals surface area contributed by atoms with Crippen LogP contribution in [0.3, 0.4) is 0 Å². The third-order valence-electron chi connectivity index (χ3n) is 13.2. The second-order valence-corrected chi connectivity index (χ2v) is 17.7. The molecule has 5 aromatic rings. The fraction of sp³-hybridized carbons (Fsp3) is 0.429. The van der Waals surface area contributed by atoms with Crippen LogP contribution in [-0.2, 0) is 28.7 Å². The van der Waals surface area contributed by atoms with Gasteiger partial charge in [-0.3, -0.25) is 43.9 Å². The van der Waals surface area contributed by atoms with E-state index < -0.39 is 47.3 Å². The fourth-order valence-corrected chi connectivity index (χ4v) is 9.89. The predicted molar refractivity (Wildman–Crippen MR) is 246 cm³/mol. The Hall–Kier alpha value is -6.90. The van der Waals surface area contributed by atoms with E-state index in [0.29, 0.717) is 95.6 Å². The Morgan fingerprint density at radius 2 is 1.58 bits per heavy atom. The van der Waals surface area contributed by atoms with E-state index in [9.17, 15) is 37.5 Å². The van der Waals surface area contributed by atoms with Crippen molar-refractivity contribution in [1.29, 1.82) is 0 Å². The minimum atomic E-state index is -1.03. The van der Waals surface area contributed by atoms with E-state index in [-0.39, 0.29) is 60.5 Å². The number of halogens is 2. The van der Waals surface area contributed by atoms with E-state index in [0.717, 1.165) is 44.9 Å². The molecule has 3 aromatic carbocycles. The summed E-state index contributed by atoms with van der Waals surface area (Å²) in [5.74, 6) is -3.19. The minimum Gasteiger partial charge on any atom is -0.383 e. The van der Waals surface area contributed by atoms with Gasteiger partial charge in [0.2, 0.25) is 23.6 Å². The minimum absolute atomic E-state index is 0.0129. The highest BCUT2D eigenvalue weighted by atomic mass is 19.2. The number of piperidine rings is 3. The third kappa shape index (κ3) is 9.86. The Morgan fingerprint density at radius 3 is 2.32 bits per heavy atom. The normalized spacial score (nSPS) is 19.2. The van der Waals surface area contributed by atoms with Crippen LogP contribution in [0.2, 0.25) is 0 Å². The van der Waals surface area contributed by atoms with E-state index in [1.54, 1.807) is 23.1 Å². The number of benzene rings is 3. The molecule has 18 nitrogen and oxygen atoms in total. The van der Waals surface area contributed by atoms with Crippen LogP contribution in [0.5, 0.6) is 0 Å². The number of amides is 6. The molecule has 2 atom stereocenters. The smallest absolute Gasteiger partial charge is 0.262 e. The number of ether oxygens (including phenoxy) is 2. The SMILES string of the molecule is Cc1noc(C)c1-c1ccc2c(c1)nc([C@@H]1CCCC(=O)N1c1ccc(F)c(F)c1)n2C1CCN(CC(=O)NCCOCCOCCNc2ccc3c(c2)C(=O)N(C2CCC(=O)NC2=O)C3=O)CC1. The van der Waals surface area contributed by atoms with E-state index >= 15 is 0 Å². The number of nitrogens with zero attached hydrogens (tertiary/aromatic N) is 6. The zero-order valence-corrected chi connectivity index (χ0v) is 38.4. The molecule has 362 valence electrons. The van der Waals surface area contributed by atoms with Gasteiger partial charge in [-0.15, -0.1) is 0 Å². The molecule has 3 saturated heterocycles. The molecule has 0 spiro atoms. The molecule has 6 heterocycles. The molecule has 0 bridgehead atoms. The topological polar surface area (TPSA) is 211 Å². The summed E-state index contributed by atoms with van der Waals surface area (Å²) in [6, 6.07) is 12.8. The van der Waals surface area contributed by atoms with Crippen LogP contribution >= 0.6 is 0 Å². The van der Waals surface area contributed by atoms with Crippen molar-refractivity contribution >= 4 is 57.9 Å². The second kappa shape index (κ2) is 20.4. The summed E-state index contributed by atoms with van der Waals surface area (Å²) in [5.41, 5.74) is 5.43. The van der Waals surface area contributed by atoms with Crippen molar-refractivity contribution in [3.63, 3.8) is 0 Å². The highest BCUT2D eigenvalue weighted by Gasteiger charge is 2.45. The summed E-state index contributed by atoms with van der Waals surface area (Å²) < 4.78 is 47.6. The molecule has 0 aliphatic carbocycles. The largest absolute Gasteiger partial charge is 0.383 e. The van der Waals surface area contributed by atoms with Crippen LogP contribution in [0, 0.1) is 25.5 Å². The number of anilines is 2. The fourth-order valence-electron chi connectivity index (χ4n) is 9.89. The van der Waals surface area contributed by atoms with Gasteiger partial charge in [0.1, 0.15) is 17.6 Å². The van der Waals surface area contributed by atoms with Crippen molar-refractivity contribution in [2.45, 2.75) is 76.9 Å². The molecule has 6 amide bonds. The van der Waals surface area contributed by atoms with Crippen molar-refractivity contribution in [3.05, 3.63) is 94.6 Å². The number of hydrogen-bond acceptors (Lipinski definition) is 13. The zero-order valence-electron chi connectivity index (χ0n) is 38.4. The summed E-state index contributed by atoms with van der Waals surface area (Å²) in [5, 5.41) is 12.4. The molecular weight excluding hydrogens is 897 g/mol. The molecule has 9 rings (SSSR count). The Balaban J connectivity index is 0.731. The van der Waals surface area contributed by atoms with Gasteiger partial charge < -0.3 is 34.1 Å². The number of fused-ring (bicyclic) bond motifs is 2. The molecule has 3 fully saturated rings. The maximum absolute atomic E-state index is 14.6. The van der Waals surface area contributed by atoms with Crippen molar-refractivity contribution < 1.29 is 51.5 Å². The highest BCUT2D eigenvalue weighted by molar-refractivity contribution is 6.23. The zero-order chi connectivity index (χ0) is 48.3. The first-order valence-corrected chi connectivity index (χ1v) is 23.3. The number of hydrogen-bond donors (Lipinski definition) is 3. The first-order valence-electron chi connectivity index (χ1n) is 23.3. The molecule has 1 unspecified atom stereocenters. The maximum atomic E-state index is 14.6. The average Bonchev–Trinajstić information content (AvgIpc) is 3.96. The number of nitrogens with one attached hydrogen (secondary N) is 3. The van der Waals surface area contributed by atoms with Crippen LogP contribution < -0.4 is 20.9 Å².